The Labute approximate surface area is 191 Å². The highest BCUT2D eigenvalue weighted by molar-refractivity contribution is 5.94. The minimum absolute atomic E-state index is 0.0321. The third-order valence-electron chi connectivity index (χ3n) is 6.36. The highest BCUT2D eigenvalue weighted by Gasteiger charge is 2.44. The van der Waals surface area contributed by atoms with Crippen LogP contribution in [-0.2, 0) is 14.3 Å². The van der Waals surface area contributed by atoms with E-state index >= 15 is 0 Å². The van der Waals surface area contributed by atoms with E-state index in [1.165, 1.54) is 12.8 Å². The van der Waals surface area contributed by atoms with Gasteiger partial charge in [0.05, 0.1) is 5.60 Å². The summed E-state index contributed by atoms with van der Waals surface area (Å²) in [6, 6.07) is 9.70. The van der Waals surface area contributed by atoms with Crippen LogP contribution in [0.15, 0.2) is 30.3 Å². The molecule has 3 saturated heterocycles. The van der Waals surface area contributed by atoms with Gasteiger partial charge in [-0.25, -0.2) is 4.79 Å². The van der Waals surface area contributed by atoms with Crippen LogP contribution in [0.3, 0.4) is 0 Å². The van der Waals surface area contributed by atoms with E-state index in [0.717, 1.165) is 70.2 Å². The zero-order chi connectivity index (χ0) is 23.9. The summed E-state index contributed by atoms with van der Waals surface area (Å²) in [5, 5.41) is 10.4. The summed E-state index contributed by atoms with van der Waals surface area (Å²) in [6.45, 7) is 5.83. The maximum atomic E-state index is 12.5. The number of rotatable bonds is 4. The number of likely N-dealkylation sites (tertiary alicyclic amines) is 1. The van der Waals surface area contributed by atoms with E-state index in [4.69, 9.17) is 19.4 Å². The number of nitrogens with zero attached hydrogens (tertiary/aromatic N) is 1. The van der Waals surface area contributed by atoms with Crippen molar-refractivity contribution < 1.29 is 37.3 Å². The second kappa shape index (κ2) is 11.3. The van der Waals surface area contributed by atoms with Gasteiger partial charge >= 0.3 is 12.1 Å². The third-order valence-corrected chi connectivity index (χ3v) is 6.36. The van der Waals surface area contributed by atoms with Gasteiger partial charge in [0.25, 0.3) is 5.91 Å². The molecule has 2 atom stereocenters. The molecule has 0 bridgehead atoms. The van der Waals surface area contributed by atoms with Crippen molar-refractivity contribution in [2.24, 2.45) is 5.92 Å². The number of amides is 1. The van der Waals surface area contributed by atoms with Crippen molar-refractivity contribution in [3.8, 4) is 0 Å². The molecule has 1 amide bonds. The predicted molar refractivity (Wildman–Crippen MR) is 114 cm³/mol. The molecule has 3 fully saturated rings. The molecule has 0 aromatic heterocycles. The van der Waals surface area contributed by atoms with Gasteiger partial charge in [-0.1, -0.05) is 18.2 Å². The van der Waals surface area contributed by atoms with Gasteiger partial charge in [-0.3, -0.25) is 4.79 Å². The minimum Gasteiger partial charge on any atom is -0.475 e. The Morgan fingerprint density at radius 1 is 1.12 bits per heavy atom. The molecule has 184 valence electrons. The van der Waals surface area contributed by atoms with E-state index in [1.807, 2.05) is 30.3 Å². The zero-order valence-electron chi connectivity index (χ0n) is 18.5. The summed E-state index contributed by atoms with van der Waals surface area (Å²) in [5.41, 5.74) is 0.665. The molecule has 0 radical (unpaired) electrons. The molecule has 0 aliphatic carbocycles. The van der Waals surface area contributed by atoms with E-state index in [1.54, 1.807) is 0 Å². The van der Waals surface area contributed by atoms with Crippen LogP contribution >= 0.6 is 0 Å². The smallest absolute Gasteiger partial charge is 0.475 e. The maximum absolute atomic E-state index is 12.5. The Kier molecular flexibility index (Phi) is 8.72. The summed E-state index contributed by atoms with van der Waals surface area (Å²) in [4.78, 5) is 23.9. The Bertz CT molecular complexity index is 786. The molecular weight excluding hydrogens is 441 g/mol. The second-order valence-electron chi connectivity index (χ2n) is 8.90. The van der Waals surface area contributed by atoms with Crippen LogP contribution < -0.4 is 5.32 Å². The van der Waals surface area contributed by atoms with Crippen LogP contribution in [0, 0.1) is 5.92 Å². The van der Waals surface area contributed by atoms with Gasteiger partial charge in [0, 0.05) is 51.1 Å². The first-order chi connectivity index (χ1) is 15.7. The molecule has 33 heavy (non-hydrogen) atoms. The number of carbonyl (C=O) groups is 2. The lowest BCUT2D eigenvalue weighted by molar-refractivity contribution is -0.192. The van der Waals surface area contributed by atoms with Crippen molar-refractivity contribution in [2.45, 2.75) is 49.9 Å². The van der Waals surface area contributed by atoms with Gasteiger partial charge in [0.15, 0.2) is 0 Å². The van der Waals surface area contributed by atoms with E-state index < -0.39 is 12.1 Å². The van der Waals surface area contributed by atoms with Gasteiger partial charge in [-0.2, -0.15) is 13.2 Å². The molecule has 3 aliphatic rings. The molecular formula is C23H31F3N2O5. The van der Waals surface area contributed by atoms with Gasteiger partial charge in [-0.15, -0.1) is 0 Å². The number of hydrogen-bond acceptors (Lipinski definition) is 5. The molecule has 4 rings (SSSR count). The van der Waals surface area contributed by atoms with Gasteiger partial charge in [-0.05, 0) is 50.2 Å². The first-order valence-electron chi connectivity index (χ1n) is 11.3. The number of hydrogen-bond donors (Lipinski definition) is 2. The normalized spacial score (nSPS) is 26.5. The molecule has 3 aliphatic heterocycles. The Morgan fingerprint density at radius 3 is 2.42 bits per heavy atom. The largest absolute Gasteiger partial charge is 0.490 e. The number of carboxylic acids is 1. The van der Waals surface area contributed by atoms with Crippen LogP contribution in [0.1, 0.15) is 42.5 Å². The summed E-state index contributed by atoms with van der Waals surface area (Å²) < 4.78 is 43.5. The molecule has 2 N–H and O–H groups in total. The molecule has 1 aromatic rings. The van der Waals surface area contributed by atoms with Crippen LogP contribution in [0.25, 0.3) is 0 Å². The topological polar surface area (TPSA) is 88.1 Å². The lowest BCUT2D eigenvalue weighted by atomic mass is 9.89. The van der Waals surface area contributed by atoms with Crippen LogP contribution in [0.4, 0.5) is 13.2 Å². The quantitative estimate of drug-likeness (QED) is 0.700. The maximum Gasteiger partial charge on any atom is 0.490 e. The summed E-state index contributed by atoms with van der Waals surface area (Å²) in [7, 11) is 0. The average molecular weight is 473 g/mol. The lowest BCUT2D eigenvalue weighted by Gasteiger charge is -2.39. The van der Waals surface area contributed by atoms with Gasteiger partial charge in [0.2, 0.25) is 0 Å². The number of aliphatic carboxylic acids is 1. The lowest BCUT2D eigenvalue weighted by Crippen LogP contribution is -2.50. The highest BCUT2D eigenvalue weighted by Crippen LogP contribution is 2.35. The summed E-state index contributed by atoms with van der Waals surface area (Å²) in [6.07, 6.45) is 0.185. The van der Waals surface area contributed by atoms with Crippen molar-refractivity contribution in [3.63, 3.8) is 0 Å². The Balaban J connectivity index is 0.000000383. The van der Waals surface area contributed by atoms with E-state index in [2.05, 4.69) is 10.2 Å². The fraction of sp³-hybridized carbons (Fsp3) is 0.652. The molecule has 0 saturated carbocycles. The van der Waals surface area contributed by atoms with Crippen molar-refractivity contribution in [1.29, 1.82) is 0 Å². The number of benzene rings is 1. The summed E-state index contributed by atoms with van der Waals surface area (Å²) in [5.74, 6) is -1.96. The van der Waals surface area contributed by atoms with Crippen molar-refractivity contribution in [3.05, 3.63) is 35.9 Å². The fourth-order valence-electron chi connectivity index (χ4n) is 4.67. The van der Waals surface area contributed by atoms with E-state index in [9.17, 15) is 18.0 Å². The van der Waals surface area contributed by atoms with Crippen molar-refractivity contribution in [1.82, 2.24) is 10.2 Å². The standard InChI is InChI=1S/C21H30N2O3.C2HF3O2/c24-20(18-4-2-1-3-5-18)22-19-8-13-26-21(14-19)9-10-23(16-21)15-17-6-11-25-12-7-17;3-2(4,5)1(6)7/h1-5,17,19H,6-16H2,(H,22,24);(H,6,7)/t19-,21-;/m1./s1. The number of ether oxygens (including phenoxy) is 2. The number of nitrogens with one attached hydrogen (secondary N) is 1. The first kappa shape index (κ1) is 25.5. The number of carbonyl (C=O) groups excluding carboxylic acids is 1. The van der Waals surface area contributed by atoms with Crippen LogP contribution in [0.5, 0.6) is 0 Å². The minimum atomic E-state index is -5.08. The van der Waals surface area contributed by atoms with Crippen molar-refractivity contribution in [2.75, 3.05) is 39.5 Å². The molecule has 10 heteroatoms. The monoisotopic (exact) mass is 472 g/mol. The van der Waals surface area contributed by atoms with Crippen molar-refractivity contribution >= 4 is 11.9 Å². The second-order valence-corrected chi connectivity index (χ2v) is 8.90. The molecule has 3 heterocycles. The zero-order valence-corrected chi connectivity index (χ0v) is 18.5. The number of alkyl halides is 3. The molecule has 1 aromatic carbocycles. The van der Waals surface area contributed by atoms with Gasteiger partial charge in [0.1, 0.15) is 0 Å². The average Bonchev–Trinajstić information content (AvgIpc) is 3.16. The Morgan fingerprint density at radius 2 is 1.79 bits per heavy atom. The molecule has 1 spiro atoms. The predicted octanol–water partition coefficient (Wildman–Crippen LogP) is 3.10. The highest BCUT2D eigenvalue weighted by atomic mass is 19.4. The van der Waals surface area contributed by atoms with E-state index in [-0.39, 0.29) is 17.6 Å². The molecule has 0 unspecified atom stereocenters. The van der Waals surface area contributed by atoms with Crippen LogP contribution in [-0.4, -0.2) is 79.2 Å². The van der Waals surface area contributed by atoms with E-state index in [0.29, 0.717) is 0 Å². The fourth-order valence-corrected chi connectivity index (χ4v) is 4.67. The third kappa shape index (κ3) is 7.68. The number of carboxylic acid groups (broad SMARTS) is 1. The SMILES string of the molecule is O=C(N[C@@H]1CCO[C@]2(CCN(CC3CCOCC3)C2)C1)c1ccccc1.O=C(O)C(F)(F)F. The first-order valence-corrected chi connectivity index (χ1v) is 11.3. The Hall–Kier alpha value is -2.17. The van der Waals surface area contributed by atoms with Crippen LogP contribution in [0.2, 0.25) is 0 Å². The number of halogens is 3. The van der Waals surface area contributed by atoms with Gasteiger partial charge < -0.3 is 24.8 Å². The molecule has 7 nitrogen and oxygen atoms in total. The summed E-state index contributed by atoms with van der Waals surface area (Å²) >= 11 is 0.